The quantitative estimate of drug-likeness (QED) is 0.385. The van der Waals surface area contributed by atoms with Crippen molar-refractivity contribution in [1.29, 1.82) is 0 Å². The second kappa shape index (κ2) is 12.1. The van der Waals surface area contributed by atoms with Crippen LogP contribution in [0.2, 0.25) is 0 Å². The monoisotopic (exact) mass is 459 g/mol. The van der Waals surface area contributed by atoms with Gasteiger partial charge in [-0.1, -0.05) is 78.9 Å². The van der Waals surface area contributed by atoms with Gasteiger partial charge >= 0.3 is 6.09 Å². The maximum absolute atomic E-state index is 14.5. The zero-order valence-electron chi connectivity index (χ0n) is 19.2. The predicted octanol–water partition coefficient (Wildman–Crippen LogP) is 6.62. The van der Waals surface area contributed by atoms with Gasteiger partial charge in [0, 0.05) is 11.6 Å². The average Bonchev–Trinajstić information content (AvgIpc) is 2.88. The fraction of sp³-hybridized carbons (Fsp3) is 0.276. The standard InChI is InChI=1S/C29H30FNO3/c30-28-14-8-7-13-27(28)24(19-22-9-3-1-4-10-22)21-33-26-17-15-25(16-18-26)31-29(32)34-20-23-11-5-2-6-12-23/h1-14,19,25-26H,15-18,20-21H2,(H,31,32)/b24-19-. The molecule has 4 nitrogen and oxygen atoms in total. The molecule has 176 valence electrons. The minimum atomic E-state index is -0.388. The summed E-state index contributed by atoms with van der Waals surface area (Å²) in [5, 5.41) is 2.96. The lowest BCUT2D eigenvalue weighted by atomic mass is 9.93. The normalized spacial score (nSPS) is 18.3. The molecule has 3 aromatic carbocycles. The Balaban J connectivity index is 1.27. The highest BCUT2D eigenvalue weighted by molar-refractivity contribution is 5.82. The van der Waals surface area contributed by atoms with Crippen LogP contribution in [0.4, 0.5) is 9.18 Å². The molecule has 0 bridgehead atoms. The molecule has 5 heteroatoms. The van der Waals surface area contributed by atoms with Crippen LogP contribution in [0.5, 0.6) is 0 Å². The van der Waals surface area contributed by atoms with Crippen molar-refractivity contribution in [2.45, 2.75) is 44.4 Å². The summed E-state index contributed by atoms with van der Waals surface area (Å²) in [6.07, 6.45) is 4.98. The summed E-state index contributed by atoms with van der Waals surface area (Å²) in [6, 6.07) is 26.4. The third-order valence-electron chi connectivity index (χ3n) is 6.04. The van der Waals surface area contributed by atoms with Crippen LogP contribution in [0.15, 0.2) is 84.9 Å². The molecule has 1 aliphatic carbocycles. The van der Waals surface area contributed by atoms with Crippen molar-refractivity contribution >= 4 is 17.7 Å². The molecule has 0 atom stereocenters. The van der Waals surface area contributed by atoms with Gasteiger partial charge in [0.2, 0.25) is 0 Å². The molecule has 0 unspecified atom stereocenters. The molecule has 1 aliphatic rings. The van der Waals surface area contributed by atoms with E-state index in [9.17, 15) is 9.18 Å². The fourth-order valence-electron chi connectivity index (χ4n) is 4.18. The van der Waals surface area contributed by atoms with Crippen molar-refractivity contribution in [1.82, 2.24) is 5.32 Å². The number of carbonyl (C=O) groups is 1. The van der Waals surface area contributed by atoms with Crippen LogP contribution in [-0.2, 0) is 16.1 Å². The maximum Gasteiger partial charge on any atom is 0.407 e. The number of hydrogen-bond donors (Lipinski definition) is 1. The van der Waals surface area contributed by atoms with Crippen LogP contribution >= 0.6 is 0 Å². The van der Waals surface area contributed by atoms with E-state index in [0.717, 1.165) is 42.4 Å². The average molecular weight is 460 g/mol. The van der Waals surface area contributed by atoms with Crippen molar-refractivity contribution < 1.29 is 18.7 Å². The Bertz CT molecular complexity index is 1080. The van der Waals surface area contributed by atoms with E-state index < -0.39 is 0 Å². The van der Waals surface area contributed by atoms with Crippen molar-refractivity contribution in [3.05, 3.63) is 107 Å². The highest BCUT2D eigenvalue weighted by Gasteiger charge is 2.24. The Morgan fingerprint density at radius 2 is 1.53 bits per heavy atom. The minimum absolute atomic E-state index is 0.0735. The lowest BCUT2D eigenvalue weighted by Crippen LogP contribution is -2.39. The zero-order chi connectivity index (χ0) is 23.6. The number of ether oxygens (including phenoxy) is 2. The molecule has 1 saturated carbocycles. The number of halogens is 1. The van der Waals surface area contributed by atoms with Gasteiger partial charge < -0.3 is 14.8 Å². The highest BCUT2D eigenvalue weighted by atomic mass is 19.1. The maximum atomic E-state index is 14.5. The van der Waals surface area contributed by atoms with Gasteiger partial charge in [-0.15, -0.1) is 0 Å². The molecular weight excluding hydrogens is 429 g/mol. The van der Waals surface area contributed by atoms with E-state index in [1.54, 1.807) is 12.1 Å². The lowest BCUT2D eigenvalue weighted by Gasteiger charge is -2.29. The van der Waals surface area contributed by atoms with Crippen LogP contribution < -0.4 is 5.32 Å². The van der Waals surface area contributed by atoms with E-state index in [0.29, 0.717) is 12.2 Å². The molecule has 0 heterocycles. The van der Waals surface area contributed by atoms with E-state index in [1.807, 2.05) is 72.8 Å². The van der Waals surface area contributed by atoms with Gasteiger partial charge in [0.1, 0.15) is 12.4 Å². The van der Waals surface area contributed by atoms with Gasteiger partial charge in [0.15, 0.2) is 0 Å². The van der Waals surface area contributed by atoms with Gasteiger partial charge in [-0.05, 0) is 54.5 Å². The van der Waals surface area contributed by atoms with Crippen LogP contribution in [0.1, 0.15) is 42.4 Å². The van der Waals surface area contributed by atoms with Crippen LogP contribution in [0.3, 0.4) is 0 Å². The fourth-order valence-corrected chi connectivity index (χ4v) is 4.18. The molecular formula is C29H30FNO3. The number of rotatable bonds is 8. The molecule has 0 aliphatic heterocycles. The summed E-state index contributed by atoms with van der Waals surface area (Å²) in [4.78, 5) is 12.1. The smallest absolute Gasteiger partial charge is 0.407 e. The molecule has 0 aromatic heterocycles. The van der Waals surface area contributed by atoms with Crippen LogP contribution in [-0.4, -0.2) is 24.8 Å². The first kappa shape index (κ1) is 23.7. The first-order chi connectivity index (χ1) is 16.7. The third kappa shape index (κ3) is 7.03. The second-order valence-electron chi connectivity index (χ2n) is 8.55. The molecule has 4 rings (SSSR count). The van der Waals surface area contributed by atoms with Crippen molar-refractivity contribution in [2.75, 3.05) is 6.61 Å². The molecule has 34 heavy (non-hydrogen) atoms. The minimum Gasteiger partial charge on any atom is -0.445 e. The Morgan fingerprint density at radius 3 is 2.24 bits per heavy atom. The number of benzene rings is 3. The molecule has 0 saturated heterocycles. The molecule has 1 N–H and O–H groups in total. The summed E-state index contributed by atoms with van der Waals surface area (Å²) in [5.41, 5.74) is 3.34. The summed E-state index contributed by atoms with van der Waals surface area (Å²) in [6.45, 7) is 0.593. The molecule has 3 aromatic rings. The van der Waals surface area contributed by atoms with Gasteiger partial charge in [-0.2, -0.15) is 0 Å². The van der Waals surface area contributed by atoms with Crippen LogP contribution in [0.25, 0.3) is 11.6 Å². The van der Waals surface area contributed by atoms with E-state index in [1.165, 1.54) is 6.07 Å². The summed E-state index contributed by atoms with van der Waals surface area (Å²) in [5.74, 6) is -0.254. The zero-order valence-corrected chi connectivity index (χ0v) is 19.2. The second-order valence-corrected chi connectivity index (χ2v) is 8.55. The topological polar surface area (TPSA) is 47.6 Å². The Labute approximate surface area is 200 Å². The number of alkyl carbamates (subject to hydrolysis) is 1. The first-order valence-electron chi connectivity index (χ1n) is 11.8. The predicted molar refractivity (Wildman–Crippen MR) is 132 cm³/mol. The van der Waals surface area contributed by atoms with Gasteiger partial charge in [0.05, 0.1) is 12.7 Å². The molecule has 0 radical (unpaired) electrons. The Kier molecular flexibility index (Phi) is 8.47. The van der Waals surface area contributed by atoms with Crippen molar-refractivity contribution in [3.8, 4) is 0 Å². The van der Waals surface area contributed by atoms with E-state index in [2.05, 4.69) is 5.32 Å². The third-order valence-corrected chi connectivity index (χ3v) is 6.04. The SMILES string of the molecule is O=C(NC1CCC(OC/C(=C/c2ccccc2)c2ccccc2F)CC1)OCc1ccccc1. The summed E-state index contributed by atoms with van der Waals surface area (Å²) < 4.78 is 26.0. The van der Waals surface area contributed by atoms with Gasteiger partial charge in [-0.25, -0.2) is 9.18 Å². The van der Waals surface area contributed by atoms with Gasteiger partial charge in [-0.3, -0.25) is 0 Å². The Hall–Kier alpha value is -3.44. The summed E-state index contributed by atoms with van der Waals surface area (Å²) >= 11 is 0. The van der Waals surface area contributed by atoms with Crippen molar-refractivity contribution in [2.24, 2.45) is 0 Å². The van der Waals surface area contributed by atoms with E-state index in [4.69, 9.17) is 9.47 Å². The number of nitrogens with one attached hydrogen (secondary N) is 1. The molecule has 1 fully saturated rings. The molecule has 1 amide bonds. The van der Waals surface area contributed by atoms with Crippen LogP contribution in [0, 0.1) is 5.82 Å². The van der Waals surface area contributed by atoms with Crippen molar-refractivity contribution in [3.63, 3.8) is 0 Å². The van der Waals surface area contributed by atoms with E-state index in [-0.39, 0.29) is 30.7 Å². The largest absolute Gasteiger partial charge is 0.445 e. The molecule has 0 spiro atoms. The van der Waals surface area contributed by atoms with Gasteiger partial charge in [0.25, 0.3) is 0 Å². The first-order valence-corrected chi connectivity index (χ1v) is 11.8. The lowest BCUT2D eigenvalue weighted by molar-refractivity contribution is 0.0417. The number of carbonyl (C=O) groups excluding carboxylic acids is 1. The Morgan fingerprint density at radius 1 is 0.882 bits per heavy atom. The highest BCUT2D eigenvalue weighted by Crippen LogP contribution is 2.26. The number of hydrogen-bond acceptors (Lipinski definition) is 3. The number of amides is 1. The summed E-state index contributed by atoms with van der Waals surface area (Å²) in [7, 11) is 0. The van der Waals surface area contributed by atoms with E-state index >= 15 is 0 Å².